The molecule has 0 unspecified atom stereocenters. The Balaban J connectivity index is -0.0000000480. The van der Waals surface area contributed by atoms with E-state index in [0.717, 1.165) is 0 Å². The summed E-state index contributed by atoms with van der Waals surface area (Å²) in [6.07, 6.45) is 0. The van der Waals surface area contributed by atoms with Gasteiger partial charge in [0.1, 0.15) is 0 Å². The van der Waals surface area contributed by atoms with Gasteiger partial charge in [0, 0.05) is 25.8 Å². The van der Waals surface area contributed by atoms with Crippen molar-refractivity contribution in [2.24, 2.45) is 0 Å². The summed E-state index contributed by atoms with van der Waals surface area (Å²) < 4.78 is 0. The second kappa shape index (κ2) is 15.8. The first-order valence-electron chi connectivity index (χ1n) is 2.34. The molecule has 7 heavy (non-hydrogen) atoms. The Morgan fingerprint density at radius 3 is 0.857 bits per heavy atom. The molecule has 44 valence electrons. The third kappa shape index (κ3) is 231. The quantitative estimate of drug-likeness (QED) is 0.596. The van der Waals surface area contributed by atoms with Gasteiger partial charge in [-0.3, -0.25) is 0 Å². The van der Waals surface area contributed by atoms with Gasteiger partial charge in [-0.2, -0.15) is 0 Å². The molecule has 0 atom stereocenters. The molecule has 0 rings (SSSR count). The van der Waals surface area contributed by atoms with E-state index < -0.39 is 0 Å². The second-order valence-corrected chi connectivity index (χ2v) is 1.34. The van der Waals surface area contributed by atoms with Crippen molar-refractivity contribution in [1.29, 1.82) is 0 Å². The van der Waals surface area contributed by atoms with Crippen molar-refractivity contribution in [3.8, 4) is 0 Å². The van der Waals surface area contributed by atoms with Gasteiger partial charge in [-0.15, -0.1) is 0 Å². The van der Waals surface area contributed by atoms with Crippen LogP contribution in [0.3, 0.4) is 0 Å². The number of rotatable bonds is 0. The molecule has 0 aliphatic rings. The first-order chi connectivity index (χ1) is 2.73. The van der Waals surface area contributed by atoms with Crippen LogP contribution in [0.15, 0.2) is 0 Å². The van der Waals surface area contributed by atoms with Gasteiger partial charge in [0.15, 0.2) is 0 Å². The van der Waals surface area contributed by atoms with E-state index >= 15 is 0 Å². The van der Waals surface area contributed by atoms with E-state index in [2.05, 4.69) is 0 Å². The van der Waals surface area contributed by atoms with Gasteiger partial charge in [-0.25, -0.2) is 0 Å². The Morgan fingerprint density at radius 2 is 0.857 bits per heavy atom. The molecule has 0 aromatic rings. The minimum Gasteiger partial charge on any atom is -0.312 e. The average Bonchev–Trinajstić information content (AvgIpc) is 1.41. The molecule has 0 fully saturated rings. The summed E-state index contributed by atoms with van der Waals surface area (Å²) in [6, 6.07) is 0. The fourth-order valence-corrected chi connectivity index (χ4v) is 0. The minimum atomic E-state index is 0. The third-order valence-electron chi connectivity index (χ3n) is 0. The number of hydrogen-bond acceptors (Lipinski definition) is 1. The maximum atomic E-state index is 2.00. The van der Waals surface area contributed by atoms with E-state index in [4.69, 9.17) is 0 Å². The van der Waals surface area contributed by atoms with E-state index in [1.54, 1.807) is 0 Å². The number of nitrogens with zero attached hydrogens (tertiary/aromatic N) is 1. The average molecular weight is 268 g/mol. The maximum absolute atomic E-state index is 2.00. The fourth-order valence-electron chi connectivity index (χ4n) is 0. The normalized spacial score (nSPS) is 6.00. The first-order valence-corrected chi connectivity index (χ1v) is 2.34. The molecule has 0 bridgehead atoms. The molecule has 0 heterocycles. The Morgan fingerprint density at radius 1 is 0.857 bits per heavy atom. The molecule has 0 aliphatic heterocycles. The Kier molecular flexibility index (Phi) is 35.4. The molecule has 0 aromatic carbocycles. The van der Waals surface area contributed by atoms with Crippen LogP contribution in [0.1, 0.15) is 13.8 Å². The van der Waals surface area contributed by atoms with Gasteiger partial charge in [0.05, 0.1) is 0 Å². The standard InChI is InChI=1S/C3H9N.C2H6.Hf/c1-4(2)3;1-2;/h1-3H3;1-2H3;. The van der Waals surface area contributed by atoms with Crippen molar-refractivity contribution < 1.29 is 25.8 Å². The van der Waals surface area contributed by atoms with Crippen LogP contribution in [0.5, 0.6) is 0 Å². The van der Waals surface area contributed by atoms with Gasteiger partial charge in [0.2, 0.25) is 0 Å². The van der Waals surface area contributed by atoms with Gasteiger partial charge in [-0.05, 0) is 21.1 Å². The molecule has 2 heteroatoms. The summed E-state index contributed by atoms with van der Waals surface area (Å²) in [4.78, 5) is 2.00. The van der Waals surface area contributed by atoms with Crippen LogP contribution < -0.4 is 0 Å². The zero-order valence-electron chi connectivity index (χ0n) is 5.95. The predicted molar refractivity (Wildman–Crippen MR) is 31.0 cm³/mol. The van der Waals surface area contributed by atoms with E-state index in [9.17, 15) is 0 Å². The Bertz CT molecular complexity index is 12.8. The van der Waals surface area contributed by atoms with Gasteiger partial charge < -0.3 is 4.90 Å². The zero-order chi connectivity index (χ0) is 5.58. The SMILES string of the molecule is CC.CN(C)C.[Hf]. The van der Waals surface area contributed by atoms with Crippen LogP contribution in [0.2, 0.25) is 0 Å². The largest absolute Gasteiger partial charge is 0.312 e. The van der Waals surface area contributed by atoms with Crippen molar-refractivity contribution in [2.45, 2.75) is 13.8 Å². The summed E-state index contributed by atoms with van der Waals surface area (Å²) in [7, 11) is 6.00. The Hall–Kier alpha value is 0.830. The van der Waals surface area contributed by atoms with Crippen LogP contribution in [-0.4, -0.2) is 26.0 Å². The van der Waals surface area contributed by atoms with E-state index in [0.29, 0.717) is 0 Å². The molecular formula is C5H15HfN. The predicted octanol–water partition coefficient (Wildman–Crippen LogP) is 1.20. The molecule has 0 amide bonds. The van der Waals surface area contributed by atoms with Gasteiger partial charge >= 0.3 is 0 Å². The van der Waals surface area contributed by atoms with Crippen molar-refractivity contribution in [3.05, 3.63) is 0 Å². The van der Waals surface area contributed by atoms with Gasteiger partial charge in [-0.1, -0.05) is 13.8 Å². The Labute approximate surface area is 65.9 Å². The fraction of sp³-hybridized carbons (Fsp3) is 1.00. The summed E-state index contributed by atoms with van der Waals surface area (Å²) in [5.41, 5.74) is 0. The van der Waals surface area contributed by atoms with Crippen molar-refractivity contribution >= 4 is 0 Å². The van der Waals surface area contributed by atoms with Crippen LogP contribution in [-0.2, 0) is 25.8 Å². The molecule has 0 radical (unpaired) electrons. The maximum Gasteiger partial charge on any atom is 0 e. The van der Waals surface area contributed by atoms with E-state index in [1.807, 2.05) is 39.9 Å². The minimum absolute atomic E-state index is 0. The molecule has 0 saturated heterocycles. The summed E-state index contributed by atoms with van der Waals surface area (Å²) in [5, 5.41) is 0. The zero-order valence-corrected chi connectivity index (χ0v) is 9.54. The summed E-state index contributed by atoms with van der Waals surface area (Å²) in [5.74, 6) is 0. The smallest absolute Gasteiger partial charge is 0 e. The topological polar surface area (TPSA) is 3.24 Å². The van der Waals surface area contributed by atoms with Crippen molar-refractivity contribution in [1.82, 2.24) is 4.90 Å². The van der Waals surface area contributed by atoms with E-state index in [1.165, 1.54) is 0 Å². The van der Waals surface area contributed by atoms with Crippen molar-refractivity contribution in [3.63, 3.8) is 0 Å². The van der Waals surface area contributed by atoms with Crippen molar-refractivity contribution in [2.75, 3.05) is 21.1 Å². The monoisotopic (exact) mass is 269 g/mol. The third-order valence-corrected chi connectivity index (χ3v) is 0. The van der Waals surface area contributed by atoms with E-state index in [-0.39, 0.29) is 25.8 Å². The second-order valence-electron chi connectivity index (χ2n) is 1.34. The molecule has 0 N–H and O–H groups in total. The van der Waals surface area contributed by atoms with Crippen LogP contribution in [0.25, 0.3) is 0 Å². The number of hydrogen-bond donors (Lipinski definition) is 0. The summed E-state index contributed by atoms with van der Waals surface area (Å²) in [6.45, 7) is 4.00. The molecule has 0 aromatic heterocycles. The molecular weight excluding hydrogens is 253 g/mol. The van der Waals surface area contributed by atoms with Gasteiger partial charge in [0.25, 0.3) is 0 Å². The summed E-state index contributed by atoms with van der Waals surface area (Å²) >= 11 is 0. The molecule has 1 nitrogen and oxygen atoms in total. The van der Waals surface area contributed by atoms with Crippen LogP contribution in [0.4, 0.5) is 0 Å². The molecule has 0 spiro atoms. The first kappa shape index (κ1) is 15.7. The molecule has 0 saturated carbocycles. The van der Waals surface area contributed by atoms with Crippen LogP contribution >= 0.6 is 0 Å². The molecule has 0 aliphatic carbocycles. The van der Waals surface area contributed by atoms with Crippen LogP contribution in [0, 0.1) is 0 Å².